The summed E-state index contributed by atoms with van der Waals surface area (Å²) < 4.78 is 0. The van der Waals surface area contributed by atoms with Gasteiger partial charge in [0.15, 0.2) is 0 Å². The third kappa shape index (κ3) is 7.59. The molecule has 0 radical (unpaired) electrons. The van der Waals surface area contributed by atoms with Crippen LogP contribution in [0.2, 0.25) is 0 Å². The Hall–Kier alpha value is -4.82. The lowest BCUT2D eigenvalue weighted by Crippen LogP contribution is -2.12. The SMILES string of the molecule is C#C.C=C/C(=C\C(=C/C)c1ccc(N)c(CC(=C)Nc2cncc(-c3ccccn3)c2C)c1)NC(=C)C1CC1. The van der Waals surface area contributed by atoms with E-state index in [0.717, 1.165) is 62.0 Å². The van der Waals surface area contributed by atoms with Crippen molar-refractivity contribution in [3.05, 3.63) is 127 Å². The van der Waals surface area contributed by atoms with Gasteiger partial charge in [-0.1, -0.05) is 37.9 Å². The van der Waals surface area contributed by atoms with Gasteiger partial charge in [0.25, 0.3) is 0 Å². The van der Waals surface area contributed by atoms with Gasteiger partial charge in [0.05, 0.1) is 17.6 Å². The molecule has 0 bridgehead atoms. The van der Waals surface area contributed by atoms with E-state index in [1.807, 2.05) is 55.7 Å². The van der Waals surface area contributed by atoms with Crippen molar-refractivity contribution in [3.8, 4) is 24.1 Å². The van der Waals surface area contributed by atoms with Crippen LogP contribution in [0.5, 0.6) is 0 Å². The Morgan fingerprint density at radius 1 is 1.15 bits per heavy atom. The van der Waals surface area contributed by atoms with Gasteiger partial charge in [-0.3, -0.25) is 9.97 Å². The van der Waals surface area contributed by atoms with Crippen LogP contribution in [-0.2, 0) is 6.42 Å². The second kappa shape index (κ2) is 13.6. The molecule has 1 aliphatic rings. The summed E-state index contributed by atoms with van der Waals surface area (Å²) in [6.07, 6.45) is 22.4. The van der Waals surface area contributed by atoms with Crippen LogP contribution in [0.15, 0.2) is 110 Å². The normalized spacial score (nSPS) is 13.0. The van der Waals surface area contributed by atoms with Gasteiger partial charge in [0.2, 0.25) is 0 Å². The van der Waals surface area contributed by atoms with E-state index in [9.17, 15) is 0 Å². The van der Waals surface area contributed by atoms with Crippen molar-refractivity contribution < 1.29 is 0 Å². The number of aromatic nitrogens is 2. The maximum absolute atomic E-state index is 6.37. The molecule has 0 amide bonds. The van der Waals surface area contributed by atoms with Crippen LogP contribution in [0.1, 0.15) is 36.5 Å². The number of nitrogen functional groups attached to an aromatic ring is 1. The van der Waals surface area contributed by atoms with Crippen molar-refractivity contribution in [2.45, 2.75) is 33.1 Å². The number of nitrogens with two attached hydrogens (primary N) is 1. The maximum Gasteiger partial charge on any atom is 0.0720 e. The van der Waals surface area contributed by atoms with Gasteiger partial charge in [-0.05, 0) is 91.3 Å². The molecule has 0 aliphatic heterocycles. The summed E-state index contributed by atoms with van der Waals surface area (Å²) in [7, 11) is 0. The van der Waals surface area contributed by atoms with E-state index < -0.39 is 0 Å². The molecule has 2 heterocycles. The summed E-state index contributed by atoms with van der Waals surface area (Å²) >= 11 is 0. The number of rotatable bonds is 11. The van der Waals surface area contributed by atoms with Gasteiger partial charge in [0.1, 0.15) is 0 Å². The minimum Gasteiger partial charge on any atom is -0.398 e. The monoisotopic (exact) mass is 515 g/mol. The average Bonchev–Trinajstić information content (AvgIpc) is 3.81. The standard InChI is InChI=1S/C32H35N5.C2H2/c1-6-24(18-28(7-2)37-23(5)25-11-12-25)26-13-14-30(33)27(17-26)16-21(3)36-32-20-34-19-29(22(32)4)31-10-8-9-15-35-31;1-2/h6-10,13-15,17-20,25,36-37H,2-3,5,11-12,16,33H2,1,4H3;1-2H/b24-6+,28-18+;. The van der Waals surface area contributed by atoms with Crippen LogP contribution in [-0.4, -0.2) is 9.97 Å². The van der Waals surface area contributed by atoms with Crippen molar-refractivity contribution in [1.82, 2.24) is 15.3 Å². The molecule has 3 aromatic rings. The summed E-state index contributed by atoms with van der Waals surface area (Å²) in [6.45, 7) is 16.5. The summed E-state index contributed by atoms with van der Waals surface area (Å²) in [4.78, 5) is 8.88. The summed E-state index contributed by atoms with van der Waals surface area (Å²) in [6, 6.07) is 12.0. The Labute approximate surface area is 233 Å². The van der Waals surface area contributed by atoms with Crippen LogP contribution in [0, 0.1) is 25.7 Å². The number of anilines is 2. The molecule has 1 aliphatic carbocycles. The zero-order chi connectivity index (χ0) is 28.4. The van der Waals surface area contributed by atoms with Crippen LogP contribution >= 0.6 is 0 Å². The highest BCUT2D eigenvalue weighted by Gasteiger charge is 2.24. The maximum atomic E-state index is 6.37. The molecule has 0 atom stereocenters. The molecule has 5 nitrogen and oxygen atoms in total. The number of hydrogen-bond acceptors (Lipinski definition) is 5. The van der Waals surface area contributed by atoms with Gasteiger partial charge in [-0.15, -0.1) is 12.8 Å². The predicted molar refractivity (Wildman–Crippen MR) is 166 cm³/mol. The molecular formula is C34H37N5. The van der Waals surface area contributed by atoms with E-state index in [1.165, 1.54) is 12.8 Å². The third-order valence-electron chi connectivity index (χ3n) is 6.56. The lowest BCUT2D eigenvalue weighted by Gasteiger charge is -2.16. The molecule has 5 heteroatoms. The zero-order valence-corrected chi connectivity index (χ0v) is 22.9. The van der Waals surface area contributed by atoms with Gasteiger partial charge >= 0.3 is 0 Å². The minimum absolute atomic E-state index is 0.572. The molecule has 1 saturated carbocycles. The lowest BCUT2D eigenvalue weighted by molar-refractivity contribution is 0.865. The largest absolute Gasteiger partial charge is 0.398 e. The summed E-state index contributed by atoms with van der Waals surface area (Å²) in [5.41, 5.74) is 16.9. The second-order valence-corrected chi connectivity index (χ2v) is 9.37. The number of terminal acetylenes is 1. The van der Waals surface area contributed by atoms with E-state index in [1.54, 1.807) is 6.20 Å². The number of nitrogens with zero attached hydrogens (tertiary/aromatic N) is 2. The van der Waals surface area contributed by atoms with E-state index >= 15 is 0 Å². The van der Waals surface area contributed by atoms with Gasteiger partial charge in [-0.2, -0.15) is 0 Å². The summed E-state index contributed by atoms with van der Waals surface area (Å²) in [5, 5.41) is 6.86. The van der Waals surface area contributed by atoms with Crippen molar-refractivity contribution in [2.24, 2.45) is 5.92 Å². The number of allylic oxidation sites excluding steroid dienone is 6. The number of hydrogen-bond donors (Lipinski definition) is 3. The molecule has 2 aromatic heterocycles. The van der Waals surface area contributed by atoms with Crippen molar-refractivity contribution >= 4 is 16.9 Å². The quantitative estimate of drug-likeness (QED) is 0.141. The first kappa shape index (κ1) is 28.7. The predicted octanol–water partition coefficient (Wildman–Crippen LogP) is 7.44. The molecule has 4 rings (SSSR count). The van der Waals surface area contributed by atoms with E-state index in [2.05, 4.69) is 78.3 Å². The van der Waals surface area contributed by atoms with Gasteiger partial charge in [-0.25, -0.2) is 0 Å². The van der Waals surface area contributed by atoms with Gasteiger partial charge in [0, 0.05) is 47.2 Å². The fraction of sp³-hybridized carbons (Fsp3) is 0.176. The number of nitrogens with one attached hydrogen (secondary N) is 2. The molecule has 39 heavy (non-hydrogen) atoms. The molecule has 0 saturated heterocycles. The topological polar surface area (TPSA) is 75.9 Å². The Morgan fingerprint density at radius 2 is 1.92 bits per heavy atom. The highest BCUT2D eigenvalue weighted by molar-refractivity contribution is 5.77. The molecule has 1 fully saturated rings. The van der Waals surface area contributed by atoms with E-state index in [-0.39, 0.29) is 0 Å². The number of benzene rings is 1. The highest BCUT2D eigenvalue weighted by atomic mass is 14.9. The molecule has 4 N–H and O–H groups in total. The Kier molecular flexibility index (Phi) is 10.1. The van der Waals surface area contributed by atoms with Crippen molar-refractivity contribution in [2.75, 3.05) is 11.1 Å². The number of pyridine rings is 2. The van der Waals surface area contributed by atoms with Crippen LogP contribution in [0.25, 0.3) is 16.8 Å². The molecule has 198 valence electrons. The fourth-order valence-electron chi connectivity index (χ4n) is 4.20. The van der Waals surface area contributed by atoms with Crippen LogP contribution < -0.4 is 16.4 Å². The first-order valence-electron chi connectivity index (χ1n) is 12.9. The Bertz CT molecular complexity index is 1420. The highest BCUT2D eigenvalue weighted by Crippen LogP contribution is 2.35. The zero-order valence-electron chi connectivity index (χ0n) is 22.9. The summed E-state index contributed by atoms with van der Waals surface area (Å²) in [5.74, 6) is 0.572. The fourth-order valence-corrected chi connectivity index (χ4v) is 4.20. The second-order valence-electron chi connectivity index (χ2n) is 9.37. The molecule has 1 aromatic carbocycles. The van der Waals surface area contributed by atoms with E-state index in [4.69, 9.17) is 5.73 Å². The molecule has 0 spiro atoms. The molecule has 0 unspecified atom stereocenters. The van der Waals surface area contributed by atoms with Crippen molar-refractivity contribution in [1.29, 1.82) is 0 Å². The first-order valence-corrected chi connectivity index (χ1v) is 12.9. The van der Waals surface area contributed by atoms with Crippen molar-refractivity contribution in [3.63, 3.8) is 0 Å². The Morgan fingerprint density at radius 3 is 2.56 bits per heavy atom. The Balaban J connectivity index is 0.00000205. The molecular weight excluding hydrogens is 478 g/mol. The first-order chi connectivity index (χ1) is 18.9. The van der Waals surface area contributed by atoms with E-state index in [0.29, 0.717) is 12.3 Å². The van der Waals surface area contributed by atoms with Gasteiger partial charge < -0.3 is 16.4 Å². The van der Waals surface area contributed by atoms with Crippen LogP contribution in [0.3, 0.4) is 0 Å². The smallest absolute Gasteiger partial charge is 0.0720 e. The minimum atomic E-state index is 0.572. The average molecular weight is 516 g/mol. The lowest BCUT2D eigenvalue weighted by atomic mass is 9.98. The van der Waals surface area contributed by atoms with Crippen LogP contribution in [0.4, 0.5) is 11.4 Å². The third-order valence-corrected chi connectivity index (χ3v) is 6.56.